The molecule has 1 heterocycles. The van der Waals surface area contributed by atoms with Crippen LogP contribution < -0.4 is 0 Å². The van der Waals surface area contributed by atoms with Crippen LogP contribution in [0.2, 0.25) is 5.02 Å². The number of benzene rings is 1. The van der Waals surface area contributed by atoms with Gasteiger partial charge >= 0.3 is 0 Å². The molecular weight excluding hydrogens is 248 g/mol. The van der Waals surface area contributed by atoms with Gasteiger partial charge in [0.05, 0.1) is 6.10 Å². The average molecular weight is 267 g/mol. The number of carbonyl (C=O) groups is 1. The molecule has 3 heteroatoms. The molecule has 0 spiro atoms. The van der Waals surface area contributed by atoms with Gasteiger partial charge in [0.1, 0.15) is 0 Å². The molecule has 1 unspecified atom stereocenters. The molecular formula is C15H19ClO2. The third kappa shape index (κ3) is 3.33. The topological polar surface area (TPSA) is 26.3 Å². The van der Waals surface area contributed by atoms with Gasteiger partial charge in [0, 0.05) is 23.6 Å². The lowest BCUT2D eigenvalue weighted by atomic mass is 9.99. The van der Waals surface area contributed by atoms with Gasteiger partial charge in [0.25, 0.3) is 0 Å². The Bertz CT molecular complexity index is 423. The number of ketones is 1. The van der Waals surface area contributed by atoms with Crippen molar-refractivity contribution in [3.8, 4) is 0 Å². The quantitative estimate of drug-likeness (QED) is 0.748. The van der Waals surface area contributed by atoms with Crippen molar-refractivity contribution in [1.82, 2.24) is 0 Å². The minimum absolute atomic E-state index is 0.188. The molecule has 0 aromatic heterocycles. The van der Waals surface area contributed by atoms with Crippen LogP contribution in [0.3, 0.4) is 0 Å². The van der Waals surface area contributed by atoms with Crippen LogP contribution in [0.4, 0.5) is 0 Å². The second-order valence-corrected chi connectivity index (χ2v) is 5.27. The zero-order valence-electron chi connectivity index (χ0n) is 10.7. The van der Waals surface area contributed by atoms with E-state index in [1.54, 1.807) is 0 Å². The van der Waals surface area contributed by atoms with E-state index in [2.05, 4.69) is 0 Å². The van der Waals surface area contributed by atoms with Gasteiger partial charge in [-0.25, -0.2) is 0 Å². The summed E-state index contributed by atoms with van der Waals surface area (Å²) in [7, 11) is 0. The fraction of sp³-hybridized carbons (Fsp3) is 0.533. The molecule has 1 aliphatic rings. The molecule has 1 aromatic carbocycles. The van der Waals surface area contributed by atoms with Crippen molar-refractivity contribution >= 4 is 17.4 Å². The highest BCUT2D eigenvalue weighted by atomic mass is 35.5. The lowest BCUT2D eigenvalue weighted by Gasteiger charge is -2.09. The Kier molecular flexibility index (Phi) is 4.79. The molecule has 18 heavy (non-hydrogen) atoms. The minimum atomic E-state index is 0.188. The van der Waals surface area contributed by atoms with E-state index < -0.39 is 0 Å². The van der Waals surface area contributed by atoms with E-state index in [1.165, 1.54) is 0 Å². The zero-order chi connectivity index (χ0) is 13.0. The van der Waals surface area contributed by atoms with Crippen molar-refractivity contribution < 1.29 is 9.53 Å². The van der Waals surface area contributed by atoms with Crippen LogP contribution in [0.25, 0.3) is 0 Å². The van der Waals surface area contributed by atoms with Gasteiger partial charge in [-0.3, -0.25) is 4.79 Å². The summed E-state index contributed by atoms with van der Waals surface area (Å²) in [5, 5.41) is 0.667. The largest absolute Gasteiger partial charge is 0.378 e. The van der Waals surface area contributed by atoms with E-state index in [0.29, 0.717) is 17.5 Å². The summed E-state index contributed by atoms with van der Waals surface area (Å²) < 4.78 is 5.55. The van der Waals surface area contributed by atoms with Gasteiger partial charge in [-0.2, -0.15) is 0 Å². The predicted molar refractivity (Wildman–Crippen MR) is 73.3 cm³/mol. The number of Topliss-reactive ketones (excluding diaryl/α,β-unsaturated/α-hetero) is 1. The Hall–Kier alpha value is -0.860. The highest BCUT2D eigenvalue weighted by molar-refractivity contribution is 6.31. The van der Waals surface area contributed by atoms with Crippen molar-refractivity contribution in [3.05, 3.63) is 34.3 Å². The average Bonchev–Trinajstić information content (AvgIpc) is 2.85. The van der Waals surface area contributed by atoms with Crippen LogP contribution in [-0.2, 0) is 4.74 Å². The maximum absolute atomic E-state index is 12.1. The van der Waals surface area contributed by atoms with Gasteiger partial charge in [0.15, 0.2) is 5.78 Å². The lowest BCUT2D eigenvalue weighted by molar-refractivity contribution is 0.0922. The lowest BCUT2D eigenvalue weighted by Crippen LogP contribution is -2.07. The molecule has 0 amide bonds. The SMILES string of the molecule is Cc1c(Cl)cccc1C(=O)CCCC1CCCO1. The number of rotatable bonds is 5. The van der Waals surface area contributed by atoms with Crippen LogP contribution in [0.1, 0.15) is 48.0 Å². The molecule has 1 saturated heterocycles. The van der Waals surface area contributed by atoms with Gasteiger partial charge in [-0.1, -0.05) is 23.7 Å². The first kappa shape index (κ1) is 13.6. The third-order valence-corrected chi connectivity index (χ3v) is 3.93. The zero-order valence-corrected chi connectivity index (χ0v) is 11.5. The van der Waals surface area contributed by atoms with E-state index in [-0.39, 0.29) is 5.78 Å². The van der Waals surface area contributed by atoms with Gasteiger partial charge < -0.3 is 4.74 Å². The number of hydrogen-bond acceptors (Lipinski definition) is 2. The van der Waals surface area contributed by atoms with Crippen molar-refractivity contribution in [2.75, 3.05) is 6.61 Å². The van der Waals surface area contributed by atoms with Crippen molar-refractivity contribution in [2.24, 2.45) is 0 Å². The number of carbonyl (C=O) groups excluding carboxylic acids is 1. The summed E-state index contributed by atoms with van der Waals surface area (Å²) >= 11 is 6.02. The molecule has 2 rings (SSSR count). The molecule has 1 fully saturated rings. The van der Waals surface area contributed by atoms with E-state index in [0.717, 1.165) is 43.4 Å². The maximum Gasteiger partial charge on any atom is 0.163 e. The Balaban J connectivity index is 1.85. The monoisotopic (exact) mass is 266 g/mol. The Morgan fingerprint density at radius 1 is 1.50 bits per heavy atom. The van der Waals surface area contributed by atoms with Gasteiger partial charge in [-0.05, 0) is 44.2 Å². The summed E-state index contributed by atoms with van der Waals surface area (Å²) in [6.07, 6.45) is 5.15. The molecule has 1 aliphatic heterocycles. The molecule has 0 N–H and O–H groups in total. The second kappa shape index (κ2) is 6.35. The highest BCUT2D eigenvalue weighted by Gasteiger charge is 2.16. The molecule has 98 valence electrons. The normalized spacial score (nSPS) is 19.1. The fourth-order valence-electron chi connectivity index (χ4n) is 2.41. The van der Waals surface area contributed by atoms with E-state index in [4.69, 9.17) is 16.3 Å². The maximum atomic E-state index is 12.1. The first-order chi connectivity index (χ1) is 8.68. The van der Waals surface area contributed by atoms with E-state index in [9.17, 15) is 4.79 Å². The third-order valence-electron chi connectivity index (χ3n) is 3.52. The summed E-state index contributed by atoms with van der Waals surface area (Å²) in [6.45, 7) is 2.78. The van der Waals surface area contributed by atoms with Crippen LogP contribution in [0, 0.1) is 6.92 Å². The van der Waals surface area contributed by atoms with Crippen LogP contribution in [0.15, 0.2) is 18.2 Å². The first-order valence-corrected chi connectivity index (χ1v) is 6.96. The predicted octanol–water partition coefficient (Wildman–Crippen LogP) is 4.18. The number of hydrogen-bond donors (Lipinski definition) is 0. The van der Waals surface area contributed by atoms with Crippen molar-refractivity contribution in [2.45, 2.75) is 45.1 Å². The molecule has 0 radical (unpaired) electrons. The highest BCUT2D eigenvalue weighted by Crippen LogP contribution is 2.22. The van der Waals surface area contributed by atoms with Crippen LogP contribution in [-0.4, -0.2) is 18.5 Å². The Morgan fingerprint density at radius 2 is 2.33 bits per heavy atom. The van der Waals surface area contributed by atoms with Gasteiger partial charge in [-0.15, -0.1) is 0 Å². The number of halogens is 1. The Labute approximate surface area is 113 Å². The molecule has 1 aromatic rings. The van der Waals surface area contributed by atoms with Crippen LogP contribution in [0.5, 0.6) is 0 Å². The van der Waals surface area contributed by atoms with Crippen molar-refractivity contribution in [3.63, 3.8) is 0 Å². The molecule has 0 aliphatic carbocycles. The summed E-state index contributed by atoms with van der Waals surface area (Å²) in [5.41, 5.74) is 1.65. The molecule has 2 nitrogen and oxygen atoms in total. The number of ether oxygens (including phenoxy) is 1. The Morgan fingerprint density at radius 3 is 3.06 bits per heavy atom. The first-order valence-electron chi connectivity index (χ1n) is 6.58. The summed E-state index contributed by atoms with van der Waals surface area (Å²) in [5.74, 6) is 0.188. The van der Waals surface area contributed by atoms with Crippen molar-refractivity contribution in [1.29, 1.82) is 0 Å². The molecule has 1 atom stereocenters. The summed E-state index contributed by atoms with van der Waals surface area (Å²) in [4.78, 5) is 12.1. The second-order valence-electron chi connectivity index (χ2n) is 4.86. The fourth-order valence-corrected chi connectivity index (χ4v) is 2.58. The summed E-state index contributed by atoms with van der Waals surface area (Å²) in [6, 6.07) is 5.51. The minimum Gasteiger partial charge on any atom is -0.378 e. The standard InChI is InChI=1S/C15H19ClO2/c1-11-13(7-3-8-14(11)16)15(17)9-2-5-12-6-4-10-18-12/h3,7-8,12H,2,4-6,9-10H2,1H3. The van der Waals surface area contributed by atoms with Gasteiger partial charge in [0.2, 0.25) is 0 Å². The van der Waals surface area contributed by atoms with Crippen LogP contribution >= 0.6 is 11.6 Å². The van der Waals surface area contributed by atoms with E-state index in [1.807, 2.05) is 25.1 Å². The van der Waals surface area contributed by atoms with E-state index >= 15 is 0 Å². The molecule has 0 bridgehead atoms. The molecule has 0 saturated carbocycles. The smallest absolute Gasteiger partial charge is 0.163 e.